The van der Waals surface area contributed by atoms with Crippen LogP contribution in [0.3, 0.4) is 0 Å². The maximum Gasteiger partial charge on any atom is 0.147 e. The van der Waals surface area contributed by atoms with E-state index in [1.165, 1.54) is 17.4 Å². The third-order valence-electron chi connectivity index (χ3n) is 3.12. The molecule has 1 aromatic heterocycles. The number of hydrogen-bond acceptors (Lipinski definition) is 4. The molecule has 4 nitrogen and oxygen atoms in total. The van der Waals surface area contributed by atoms with E-state index >= 15 is 0 Å². The molecule has 1 aromatic rings. The highest BCUT2D eigenvalue weighted by Gasteiger charge is 2.16. The Morgan fingerprint density at radius 3 is 2.68 bits per heavy atom. The average molecular weight is 284 g/mol. The van der Waals surface area contributed by atoms with Crippen molar-refractivity contribution in [1.82, 2.24) is 10.3 Å². The average Bonchev–Trinajstić information content (AvgIpc) is 2.38. The highest BCUT2D eigenvalue weighted by atomic mass is 32.2. The van der Waals surface area contributed by atoms with Crippen molar-refractivity contribution >= 4 is 9.84 Å². The summed E-state index contributed by atoms with van der Waals surface area (Å²) >= 11 is 0. The molecule has 0 radical (unpaired) electrons. The van der Waals surface area contributed by atoms with E-state index in [0.717, 1.165) is 19.4 Å². The van der Waals surface area contributed by atoms with Crippen LogP contribution >= 0.6 is 0 Å². The van der Waals surface area contributed by atoms with Crippen molar-refractivity contribution in [1.29, 1.82) is 0 Å². The normalized spacial score (nSPS) is 13.4. The second kappa shape index (κ2) is 7.60. The number of rotatable bonds is 8. The lowest BCUT2D eigenvalue weighted by atomic mass is 9.99. The second-order valence-electron chi connectivity index (χ2n) is 4.85. The fourth-order valence-corrected chi connectivity index (χ4v) is 2.76. The third kappa shape index (κ3) is 5.70. The SMILES string of the molecule is CCCNC(CCS(C)(=O)=O)c1ccncc1CC. The minimum atomic E-state index is -2.93. The molecule has 0 aliphatic carbocycles. The molecule has 1 atom stereocenters. The van der Waals surface area contributed by atoms with Crippen molar-refractivity contribution < 1.29 is 8.42 Å². The summed E-state index contributed by atoms with van der Waals surface area (Å²) in [7, 11) is -2.93. The van der Waals surface area contributed by atoms with Crippen molar-refractivity contribution in [2.45, 2.75) is 39.2 Å². The number of nitrogens with zero attached hydrogens (tertiary/aromatic N) is 1. The van der Waals surface area contributed by atoms with Crippen molar-refractivity contribution in [3.8, 4) is 0 Å². The van der Waals surface area contributed by atoms with Gasteiger partial charge in [0.2, 0.25) is 0 Å². The minimum absolute atomic E-state index is 0.0904. The largest absolute Gasteiger partial charge is 0.310 e. The Balaban J connectivity index is 2.88. The molecule has 0 bridgehead atoms. The van der Waals surface area contributed by atoms with Crippen molar-refractivity contribution in [2.75, 3.05) is 18.6 Å². The Kier molecular flexibility index (Phi) is 6.45. The van der Waals surface area contributed by atoms with Gasteiger partial charge in [-0.2, -0.15) is 0 Å². The van der Waals surface area contributed by atoms with Crippen LogP contribution in [-0.4, -0.2) is 32.0 Å². The molecule has 1 heterocycles. The Morgan fingerprint density at radius 2 is 2.11 bits per heavy atom. The summed E-state index contributed by atoms with van der Waals surface area (Å²) in [5.74, 6) is 0.208. The Morgan fingerprint density at radius 1 is 1.37 bits per heavy atom. The summed E-state index contributed by atoms with van der Waals surface area (Å²) in [6.45, 7) is 5.09. The van der Waals surface area contributed by atoms with Crippen LogP contribution in [0.15, 0.2) is 18.5 Å². The molecule has 5 heteroatoms. The van der Waals surface area contributed by atoms with E-state index in [1.54, 1.807) is 6.20 Å². The number of hydrogen-bond donors (Lipinski definition) is 1. The fraction of sp³-hybridized carbons (Fsp3) is 0.643. The van der Waals surface area contributed by atoms with Crippen molar-refractivity contribution in [3.05, 3.63) is 29.6 Å². The fourth-order valence-electron chi connectivity index (χ4n) is 2.09. The van der Waals surface area contributed by atoms with E-state index in [9.17, 15) is 8.42 Å². The van der Waals surface area contributed by atoms with Gasteiger partial charge in [-0.15, -0.1) is 0 Å². The van der Waals surface area contributed by atoms with Crippen LogP contribution in [0.1, 0.15) is 43.9 Å². The lowest BCUT2D eigenvalue weighted by Crippen LogP contribution is -2.25. The first-order chi connectivity index (χ1) is 8.98. The van der Waals surface area contributed by atoms with Crippen LogP contribution in [0.4, 0.5) is 0 Å². The summed E-state index contributed by atoms with van der Waals surface area (Å²) < 4.78 is 22.7. The molecular weight excluding hydrogens is 260 g/mol. The number of nitrogens with one attached hydrogen (secondary N) is 1. The van der Waals surface area contributed by atoms with E-state index < -0.39 is 9.84 Å². The molecule has 0 aliphatic heterocycles. The lowest BCUT2D eigenvalue weighted by Gasteiger charge is -2.21. The van der Waals surface area contributed by atoms with Crippen LogP contribution in [-0.2, 0) is 16.3 Å². The highest BCUT2D eigenvalue weighted by molar-refractivity contribution is 7.90. The summed E-state index contributed by atoms with van der Waals surface area (Å²) in [5, 5.41) is 3.44. The molecule has 0 aromatic carbocycles. The van der Waals surface area contributed by atoms with E-state index in [2.05, 4.69) is 24.1 Å². The maximum absolute atomic E-state index is 11.4. The molecule has 0 spiro atoms. The van der Waals surface area contributed by atoms with E-state index in [-0.39, 0.29) is 11.8 Å². The van der Waals surface area contributed by atoms with Crippen LogP contribution in [0.5, 0.6) is 0 Å². The first kappa shape index (κ1) is 16.1. The van der Waals surface area contributed by atoms with Crippen LogP contribution in [0, 0.1) is 0 Å². The van der Waals surface area contributed by atoms with Crippen molar-refractivity contribution in [3.63, 3.8) is 0 Å². The number of pyridine rings is 1. The molecular formula is C14H24N2O2S. The molecule has 0 amide bonds. The second-order valence-corrected chi connectivity index (χ2v) is 7.11. The summed E-state index contributed by atoms with van der Waals surface area (Å²) in [6, 6.07) is 2.08. The van der Waals surface area contributed by atoms with Crippen LogP contribution in [0.2, 0.25) is 0 Å². The van der Waals surface area contributed by atoms with Gasteiger partial charge in [-0.1, -0.05) is 13.8 Å². The summed E-state index contributed by atoms with van der Waals surface area (Å²) in [4.78, 5) is 4.14. The first-order valence-corrected chi connectivity index (χ1v) is 8.87. The molecule has 0 aliphatic rings. The Bertz CT molecular complexity index is 486. The Labute approximate surface area is 116 Å². The van der Waals surface area contributed by atoms with E-state index in [0.29, 0.717) is 6.42 Å². The number of aromatic nitrogens is 1. The molecule has 19 heavy (non-hydrogen) atoms. The quantitative estimate of drug-likeness (QED) is 0.794. The van der Waals surface area contributed by atoms with Crippen LogP contribution in [0.25, 0.3) is 0 Å². The van der Waals surface area contributed by atoms with Crippen molar-refractivity contribution in [2.24, 2.45) is 0 Å². The first-order valence-electron chi connectivity index (χ1n) is 6.81. The zero-order chi connectivity index (χ0) is 14.3. The van der Waals surface area contributed by atoms with E-state index in [4.69, 9.17) is 0 Å². The van der Waals surface area contributed by atoms with Gasteiger partial charge in [-0.05, 0) is 43.0 Å². The molecule has 0 fully saturated rings. The van der Waals surface area contributed by atoms with Gasteiger partial charge in [-0.25, -0.2) is 8.42 Å². The van der Waals surface area contributed by atoms with Gasteiger partial charge in [0.1, 0.15) is 9.84 Å². The van der Waals surface area contributed by atoms with Gasteiger partial charge in [-0.3, -0.25) is 4.98 Å². The molecule has 108 valence electrons. The lowest BCUT2D eigenvalue weighted by molar-refractivity contribution is 0.510. The van der Waals surface area contributed by atoms with Gasteiger partial charge in [0.15, 0.2) is 0 Å². The molecule has 1 N–H and O–H groups in total. The summed E-state index contributed by atoms with van der Waals surface area (Å²) in [6.07, 6.45) is 7.48. The van der Waals surface area contributed by atoms with Gasteiger partial charge in [0.05, 0.1) is 5.75 Å². The van der Waals surface area contributed by atoms with Gasteiger partial charge >= 0.3 is 0 Å². The van der Waals surface area contributed by atoms with Gasteiger partial charge in [0.25, 0.3) is 0 Å². The molecule has 1 rings (SSSR count). The predicted octanol–water partition coefficient (Wildman–Crippen LogP) is 2.12. The predicted molar refractivity (Wildman–Crippen MR) is 79.0 cm³/mol. The summed E-state index contributed by atoms with van der Waals surface area (Å²) in [5.41, 5.74) is 2.36. The zero-order valence-electron chi connectivity index (χ0n) is 12.0. The molecule has 1 unspecified atom stereocenters. The molecule has 0 saturated heterocycles. The van der Waals surface area contributed by atoms with Gasteiger partial charge in [0, 0.05) is 24.7 Å². The smallest absolute Gasteiger partial charge is 0.147 e. The topological polar surface area (TPSA) is 59.1 Å². The number of aryl methyl sites for hydroxylation is 1. The standard InChI is InChI=1S/C14H24N2O2S/c1-4-8-16-14(7-10-19(3,17)18)13-6-9-15-11-12(13)5-2/h6,9,11,14,16H,4-5,7-8,10H2,1-3H3. The Hall–Kier alpha value is -0.940. The number of sulfone groups is 1. The van der Waals surface area contributed by atoms with E-state index in [1.807, 2.05) is 12.3 Å². The maximum atomic E-state index is 11.4. The zero-order valence-corrected chi connectivity index (χ0v) is 12.8. The molecule has 0 saturated carbocycles. The minimum Gasteiger partial charge on any atom is -0.310 e. The third-order valence-corrected chi connectivity index (χ3v) is 4.09. The van der Waals surface area contributed by atoms with Gasteiger partial charge < -0.3 is 5.32 Å². The monoisotopic (exact) mass is 284 g/mol. The highest BCUT2D eigenvalue weighted by Crippen LogP contribution is 2.21. The van der Waals surface area contributed by atoms with Crippen LogP contribution < -0.4 is 5.32 Å².